The van der Waals surface area contributed by atoms with Gasteiger partial charge in [-0.25, -0.2) is 12.7 Å². The summed E-state index contributed by atoms with van der Waals surface area (Å²) in [5.74, 6) is -0.296. The minimum Gasteiger partial charge on any atom is -0.308 e. The van der Waals surface area contributed by atoms with E-state index in [-0.39, 0.29) is 22.4 Å². The lowest BCUT2D eigenvalue weighted by molar-refractivity contribution is 0.0864. The second-order valence-electron chi connectivity index (χ2n) is 8.65. The highest BCUT2D eigenvalue weighted by atomic mass is 32.2. The van der Waals surface area contributed by atoms with Gasteiger partial charge in [0, 0.05) is 23.8 Å². The number of anilines is 1. The third kappa shape index (κ3) is 2.87. The van der Waals surface area contributed by atoms with Crippen molar-refractivity contribution in [3.63, 3.8) is 0 Å². The molecule has 30 heavy (non-hydrogen) atoms. The number of nitrogens with zero attached hydrogens (tertiary/aromatic N) is 2. The fourth-order valence-electron chi connectivity index (χ4n) is 4.39. The lowest BCUT2D eigenvalue weighted by Crippen LogP contribution is -2.35. The number of fused-ring (bicyclic) bond motifs is 2. The summed E-state index contributed by atoms with van der Waals surface area (Å²) in [5, 5.41) is 0. The van der Waals surface area contributed by atoms with Crippen molar-refractivity contribution in [2.45, 2.75) is 56.4 Å². The van der Waals surface area contributed by atoms with Crippen molar-refractivity contribution in [2.75, 3.05) is 11.4 Å². The maximum Gasteiger partial charge on any atom is 0.269 e. The molecule has 0 spiro atoms. The Morgan fingerprint density at radius 1 is 1.10 bits per heavy atom. The predicted octanol–water partition coefficient (Wildman–Crippen LogP) is 3.71. The molecule has 0 aromatic heterocycles. The molecule has 1 saturated carbocycles. The van der Waals surface area contributed by atoms with Crippen LogP contribution in [0.15, 0.2) is 41.3 Å². The van der Waals surface area contributed by atoms with Gasteiger partial charge in [0.25, 0.3) is 21.8 Å². The Hall–Kier alpha value is -2.67. The molecule has 6 nitrogen and oxygen atoms in total. The smallest absolute Gasteiger partial charge is 0.269 e. The summed E-state index contributed by atoms with van der Waals surface area (Å²) in [6.07, 6.45) is 3.18. The molecule has 2 aromatic carbocycles. The number of carbonyl (C=O) groups excluding carboxylic acids is 2. The van der Waals surface area contributed by atoms with E-state index in [4.69, 9.17) is 0 Å². The Bertz CT molecular complexity index is 1180. The van der Waals surface area contributed by atoms with E-state index in [1.54, 1.807) is 11.0 Å². The van der Waals surface area contributed by atoms with Crippen LogP contribution in [-0.2, 0) is 16.4 Å². The molecular weight excluding hydrogens is 400 g/mol. The van der Waals surface area contributed by atoms with E-state index in [2.05, 4.69) is 26.0 Å². The minimum absolute atomic E-state index is 0.0439. The average Bonchev–Trinajstić information content (AvgIpc) is 3.53. The standard InChI is InChI=1S/C23H24N2O4S/c1-14(2)15-6-10-20-16(12-15)4-3-11-24(20)22(26)17-5-9-19-21(13-17)30(28,29)25(23(19)27)18-7-8-18/h5-6,9-10,12-14,18H,3-4,7-8,11H2,1-2H3. The zero-order chi connectivity index (χ0) is 21.2. The van der Waals surface area contributed by atoms with Gasteiger partial charge in [0.15, 0.2) is 0 Å². The van der Waals surface area contributed by atoms with Crippen molar-refractivity contribution in [1.82, 2.24) is 4.31 Å². The predicted molar refractivity (Wildman–Crippen MR) is 113 cm³/mol. The van der Waals surface area contributed by atoms with Crippen molar-refractivity contribution < 1.29 is 18.0 Å². The van der Waals surface area contributed by atoms with Gasteiger partial charge in [-0.3, -0.25) is 9.59 Å². The van der Waals surface area contributed by atoms with Crippen LogP contribution >= 0.6 is 0 Å². The fraction of sp³-hybridized carbons (Fsp3) is 0.391. The van der Waals surface area contributed by atoms with Crippen LogP contribution in [0.25, 0.3) is 0 Å². The zero-order valence-corrected chi connectivity index (χ0v) is 17.9. The maximum atomic E-state index is 13.3. The molecular formula is C23H24N2O4S. The molecule has 5 rings (SSSR count). The van der Waals surface area contributed by atoms with Crippen molar-refractivity contribution >= 4 is 27.5 Å². The molecule has 0 atom stereocenters. The SMILES string of the molecule is CC(C)c1ccc2c(c1)CCCN2C(=O)c1ccc2c(c1)S(=O)(=O)N(C1CC1)C2=O. The number of carbonyl (C=O) groups is 2. The van der Waals surface area contributed by atoms with Gasteiger partial charge in [-0.1, -0.05) is 26.0 Å². The highest BCUT2D eigenvalue weighted by Gasteiger charge is 2.49. The number of hydrogen-bond acceptors (Lipinski definition) is 4. The van der Waals surface area contributed by atoms with E-state index in [9.17, 15) is 18.0 Å². The van der Waals surface area contributed by atoms with E-state index < -0.39 is 15.9 Å². The molecule has 156 valence electrons. The Labute approximate surface area is 176 Å². The Balaban J connectivity index is 1.51. The van der Waals surface area contributed by atoms with Gasteiger partial charge in [0.05, 0.1) is 5.56 Å². The number of sulfonamides is 1. The van der Waals surface area contributed by atoms with Crippen molar-refractivity contribution in [3.05, 3.63) is 58.7 Å². The zero-order valence-electron chi connectivity index (χ0n) is 17.1. The van der Waals surface area contributed by atoms with Gasteiger partial charge in [-0.05, 0) is 67.0 Å². The molecule has 2 amide bonds. The molecule has 0 saturated heterocycles. The Morgan fingerprint density at radius 2 is 1.87 bits per heavy atom. The van der Waals surface area contributed by atoms with Crippen LogP contribution in [0.2, 0.25) is 0 Å². The van der Waals surface area contributed by atoms with Crippen LogP contribution < -0.4 is 4.90 Å². The van der Waals surface area contributed by atoms with E-state index in [1.807, 2.05) is 6.07 Å². The average molecular weight is 425 g/mol. The van der Waals surface area contributed by atoms with Crippen LogP contribution in [0.1, 0.15) is 70.9 Å². The maximum absolute atomic E-state index is 13.3. The van der Waals surface area contributed by atoms with Crippen molar-refractivity contribution in [3.8, 4) is 0 Å². The molecule has 0 radical (unpaired) electrons. The number of amides is 2. The number of hydrogen-bond donors (Lipinski definition) is 0. The summed E-state index contributed by atoms with van der Waals surface area (Å²) in [7, 11) is -3.88. The second kappa shape index (κ2) is 6.67. The summed E-state index contributed by atoms with van der Waals surface area (Å²) in [6, 6.07) is 10.4. The lowest BCUT2D eigenvalue weighted by Gasteiger charge is -2.30. The fourth-order valence-corrected chi connectivity index (χ4v) is 6.23. The molecule has 2 heterocycles. The van der Waals surface area contributed by atoms with Gasteiger partial charge in [-0.2, -0.15) is 0 Å². The van der Waals surface area contributed by atoms with E-state index in [0.29, 0.717) is 30.9 Å². The van der Waals surface area contributed by atoms with Crippen LogP contribution in [0.5, 0.6) is 0 Å². The Morgan fingerprint density at radius 3 is 2.57 bits per heavy atom. The second-order valence-corrected chi connectivity index (χ2v) is 10.4. The van der Waals surface area contributed by atoms with Gasteiger partial charge < -0.3 is 4.90 Å². The van der Waals surface area contributed by atoms with Crippen molar-refractivity contribution in [2.24, 2.45) is 0 Å². The minimum atomic E-state index is -3.88. The molecule has 2 aliphatic heterocycles. The highest BCUT2D eigenvalue weighted by Crippen LogP contribution is 2.40. The molecule has 2 aromatic rings. The summed E-state index contributed by atoms with van der Waals surface area (Å²) >= 11 is 0. The first-order valence-corrected chi connectivity index (χ1v) is 11.9. The summed E-state index contributed by atoms with van der Waals surface area (Å²) in [6.45, 7) is 4.87. The largest absolute Gasteiger partial charge is 0.308 e. The summed E-state index contributed by atoms with van der Waals surface area (Å²) in [4.78, 5) is 27.6. The van der Waals surface area contributed by atoms with Gasteiger partial charge in [-0.15, -0.1) is 0 Å². The Kier molecular flexibility index (Phi) is 4.29. The number of benzene rings is 2. The van der Waals surface area contributed by atoms with E-state index >= 15 is 0 Å². The van der Waals surface area contributed by atoms with Gasteiger partial charge in [0.2, 0.25) is 0 Å². The van der Waals surface area contributed by atoms with Crippen LogP contribution in [0.3, 0.4) is 0 Å². The van der Waals surface area contributed by atoms with Crippen LogP contribution in [0, 0.1) is 0 Å². The molecule has 1 aliphatic carbocycles. The lowest BCUT2D eigenvalue weighted by atomic mass is 9.94. The molecule has 3 aliphatic rings. The first-order chi connectivity index (χ1) is 14.3. The van der Waals surface area contributed by atoms with E-state index in [0.717, 1.165) is 28.4 Å². The molecule has 7 heteroatoms. The van der Waals surface area contributed by atoms with Crippen LogP contribution in [0.4, 0.5) is 5.69 Å². The molecule has 0 unspecified atom stereocenters. The third-order valence-electron chi connectivity index (χ3n) is 6.21. The van der Waals surface area contributed by atoms with Crippen LogP contribution in [-0.4, -0.2) is 37.1 Å². The quantitative estimate of drug-likeness (QED) is 0.753. The number of rotatable bonds is 3. The monoisotopic (exact) mass is 424 g/mol. The molecule has 0 bridgehead atoms. The highest BCUT2D eigenvalue weighted by molar-refractivity contribution is 7.90. The first-order valence-electron chi connectivity index (χ1n) is 10.5. The molecule has 1 fully saturated rings. The number of aryl methyl sites for hydroxylation is 1. The normalized spacial score (nSPS) is 19.8. The topological polar surface area (TPSA) is 74.8 Å². The summed E-state index contributed by atoms with van der Waals surface area (Å²) < 4.78 is 26.8. The third-order valence-corrected chi connectivity index (χ3v) is 8.08. The van der Waals surface area contributed by atoms with Gasteiger partial charge >= 0.3 is 0 Å². The van der Waals surface area contributed by atoms with Crippen molar-refractivity contribution in [1.29, 1.82) is 0 Å². The van der Waals surface area contributed by atoms with E-state index in [1.165, 1.54) is 17.7 Å². The molecule has 0 N–H and O–H groups in total. The summed E-state index contributed by atoms with van der Waals surface area (Å²) in [5.41, 5.74) is 3.73. The first kappa shape index (κ1) is 19.3. The van der Waals surface area contributed by atoms with Gasteiger partial charge in [0.1, 0.15) is 4.90 Å².